The quantitative estimate of drug-likeness (QED) is 0.707. The molecule has 158 valence electrons. The zero-order chi connectivity index (χ0) is 21.2. The van der Waals surface area contributed by atoms with E-state index in [-0.39, 0.29) is 23.8 Å². The van der Waals surface area contributed by atoms with Gasteiger partial charge < -0.3 is 19.5 Å². The van der Waals surface area contributed by atoms with E-state index in [1.54, 1.807) is 23.2 Å². The van der Waals surface area contributed by atoms with Gasteiger partial charge in [0.15, 0.2) is 5.76 Å². The van der Waals surface area contributed by atoms with Gasteiger partial charge in [-0.3, -0.25) is 14.6 Å². The van der Waals surface area contributed by atoms with E-state index in [2.05, 4.69) is 27.3 Å². The number of hydrogen-bond donors (Lipinski definition) is 1. The monoisotopic (exact) mass is 416 g/mol. The minimum atomic E-state index is -0.259. The van der Waals surface area contributed by atoms with Crippen LogP contribution in [0.1, 0.15) is 21.8 Å². The molecular formula is C24H24N4O3. The third kappa shape index (κ3) is 3.79. The van der Waals surface area contributed by atoms with Crippen molar-refractivity contribution in [3.8, 4) is 0 Å². The van der Waals surface area contributed by atoms with E-state index in [1.165, 1.54) is 11.8 Å². The van der Waals surface area contributed by atoms with E-state index in [1.807, 2.05) is 30.3 Å². The molecule has 0 radical (unpaired) electrons. The van der Waals surface area contributed by atoms with Crippen LogP contribution in [-0.2, 0) is 17.8 Å². The first-order valence-electron chi connectivity index (χ1n) is 10.6. The number of carbonyl (C=O) groups is 2. The highest BCUT2D eigenvalue weighted by molar-refractivity contribution is 5.92. The van der Waals surface area contributed by atoms with E-state index < -0.39 is 0 Å². The molecule has 7 nitrogen and oxygen atoms in total. The van der Waals surface area contributed by atoms with Crippen LogP contribution in [0.3, 0.4) is 0 Å². The topological polar surface area (TPSA) is 78.7 Å². The molecule has 0 spiro atoms. The predicted octanol–water partition coefficient (Wildman–Crippen LogP) is 2.49. The summed E-state index contributed by atoms with van der Waals surface area (Å²) < 4.78 is 5.31. The van der Waals surface area contributed by atoms with E-state index in [4.69, 9.17) is 4.42 Å². The fourth-order valence-electron chi connectivity index (χ4n) is 4.61. The van der Waals surface area contributed by atoms with Crippen molar-refractivity contribution in [1.82, 2.24) is 15.2 Å². The van der Waals surface area contributed by atoms with Crippen molar-refractivity contribution < 1.29 is 14.0 Å². The van der Waals surface area contributed by atoms with Crippen LogP contribution in [-0.4, -0.2) is 47.4 Å². The first-order chi connectivity index (χ1) is 15.2. The molecule has 7 heteroatoms. The molecule has 2 aromatic heterocycles. The molecule has 1 N–H and O–H groups in total. The number of furan rings is 1. The lowest BCUT2D eigenvalue weighted by Gasteiger charge is -2.48. The molecule has 2 aliphatic rings. The minimum Gasteiger partial charge on any atom is -0.459 e. The fraction of sp³-hybridized carbons (Fsp3) is 0.292. The van der Waals surface area contributed by atoms with Gasteiger partial charge in [0, 0.05) is 31.5 Å². The Bertz CT molecular complexity index is 1070. The van der Waals surface area contributed by atoms with Crippen molar-refractivity contribution in [2.24, 2.45) is 5.92 Å². The standard InChI is InChI=1S/C24H24N4O3/c29-23(26-15-18-7-3-4-10-25-18)19-14-17-6-1-2-8-20(17)28-12-11-27(16-21(19)28)24(30)22-9-5-13-31-22/h1-10,13,19,21H,11-12,14-16H2,(H,26,29). The first kappa shape index (κ1) is 19.4. The van der Waals surface area contributed by atoms with Crippen LogP contribution in [0, 0.1) is 5.92 Å². The molecule has 3 aromatic rings. The molecule has 4 heterocycles. The normalized spacial score (nSPS) is 20.0. The molecule has 0 bridgehead atoms. The molecule has 2 atom stereocenters. The number of nitrogens with zero attached hydrogens (tertiary/aromatic N) is 3. The lowest BCUT2D eigenvalue weighted by Crippen LogP contribution is -2.62. The maximum atomic E-state index is 13.3. The van der Waals surface area contributed by atoms with Crippen LogP contribution in [0.15, 0.2) is 71.5 Å². The smallest absolute Gasteiger partial charge is 0.289 e. The largest absolute Gasteiger partial charge is 0.459 e. The van der Waals surface area contributed by atoms with Gasteiger partial charge in [-0.25, -0.2) is 0 Å². The number of fused-ring (bicyclic) bond motifs is 3. The molecule has 2 aliphatic heterocycles. The highest BCUT2D eigenvalue weighted by atomic mass is 16.3. The van der Waals surface area contributed by atoms with Gasteiger partial charge in [-0.05, 0) is 42.3 Å². The zero-order valence-corrected chi connectivity index (χ0v) is 17.1. The fourth-order valence-corrected chi connectivity index (χ4v) is 4.61. The van der Waals surface area contributed by atoms with E-state index in [0.29, 0.717) is 38.4 Å². The van der Waals surface area contributed by atoms with Crippen molar-refractivity contribution in [3.05, 3.63) is 84.1 Å². The zero-order valence-electron chi connectivity index (χ0n) is 17.1. The lowest BCUT2D eigenvalue weighted by molar-refractivity contribution is -0.126. The molecule has 1 fully saturated rings. The Morgan fingerprint density at radius 2 is 1.94 bits per heavy atom. The first-order valence-corrected chi connectivity index (χ1v) is 10.6. The molecule has 0 saturated carbocycles. The third-order valence-electron chi connectivity index (χ3n) is 6.15. The second kappa shape index (κ2) is 8.26. The lowest BCUT2D eigenvalue weighted by atomic mass is 9.83. The SMILES string of the molecule is O=C(NCc1ccccn1)C1Cc2ccccc2N2CCN(C(=O)c3ccco3)CC12. The molecule has 1 saturated heterocycles. The van der Waals surface area contributed by atoms with Crippen LogP contribution in [0.4, 0.5) is 5.69 Å². The highest BCUT2D eigenvalue weighted by Gasteiger charge is 2.42. The minimum absolute atomic E-state index is 0.0116. The summed E-state index contributed by atoms with van der Waals surface area (Å²) in [6.07, 6.45) is 3.88. The van der Waals surface area contributed by atoms with Gasteiger partial charge in [-0.2, -0.15) is 0 Å². The van der Waals surface area contributed by atoms with Crippen LogP contribution in [0.5, 0.6) is 0 Å². The van der Waals surface area contributed by atoms with Crippen molar-refractivity contribution in [2.75, 3.05) is 24.5 Å². The third-order valence-corrected chi connectivity index (χ3v) is 6.15. The maximum Gasteiger partial charge on any atom is 0.289 e. The Kier molecular flexibility index (Phi) is 5.16. The average molecular weight is 416 g/mol. The second-order valence-corrected chi connectivity index (χ2v) is 7.97. The Balaban J connectivity index is 1.38. The van der Waals surface area contributed by atoms with Crippen molar-refractivity contribution in [3.63, 3.8) is 0 Å². The summed E-state index contributed by atoms with van der Waals surface area (Å²) in [5.74, 6) is -0.0646. The molecule has 1 aromatic carbocycles. The molecular weight excluding hydrogens is 392 g/mol. The molecule has 2 amide bonds. The van der Waals surface area contributed by atoms with Crippen LogP contribution in [0.2, 0.25) is 0 Å². The number of carbonyl (C=O) groups excluding carboxylic acids is 2. The van der Waals surface area contributed by atoms with E-state index in [0.717, 1.165) is 11.4 Å². The Labute approximate surface area is 180 Å². The Hall–Kier alpha value is -3.61. The summed E-state index contributed by atoms with van der Waals surface area (Å²) in [6, 6.07) is 17.2. The molecule has 31 heavy (non-hydrogen) atoms. The number of aromatic nitrogens is 1. The maximum absolute atomic E-state index is 13.3. The summed E-state index contributed by atoms with van der Waals surface area (Å²) >= 11 is 0. The van der Waals surface area contributed by atoms with Gasteiger partial charge in [0.2, 0.25) is 5.91 Å². The summed E-state index contributed by atoms with van der Waals surface area (Å²) in [7, 11) is 0. The number of nitrogens with one attached hydrogen (secondary N) is 1. The number of rotatable bonds is 4. The van der Waals surface area contributed by atoms with Gasteiger partial charge in [0.1, 0.15) is 0 Å². The van der Waals surface area contributed by atoms with Gasteiger partial charge in [0.25, 0.3) is 5.91 Å². The Morgan fingerprint density at radius 3 is 2.74 bits per heavy atom. The number of benzene rings is 1. The van der Waals surface area contributed by atoms with E-state index >= 15 is 0 Å². The summed E-state index contributed by atoms with van der Waals surface area (Å²) in [6.45, 7) is 2.14. The van der Waals surface area contributed by atoms with Gasteiger partial charge in [-0.15, -0.1) is 0 Å². The highest BCUT2D eigenvalue weighted by Crippen LogP contribution is 2.36. The second-order valence-electron chi connectivity index (χ2n) is 7.97. The van der Waals surface area contributed by atoms with Crippen molar-refractivity contribution in [2.45, 2.75) is 19.0 Å². The average Bonchev–Trinajstić information content (AvgIpc) is 3.37. The van der Waals surface area contributed by atoms with Crippen LogP contribution in [0.25, 0.3) is 0 Å². The van der Waals surface area contributed by atoms with E-state index in [9.17, 15) is 9.59 Å². The summed E-state index contributed by atoms with van der Waals surface area (Å²) in [4.78, 5) is 34.5. The molecule has 2 unspecified atom stereocenters. The van der Waals surface area contributed by atoms with Crippen molar-refractivity contribution in [1.29, 1.82) is 0 Å². The van der Waals surface area contributed by atoms with Crippen LogP contribution >= 0.6 is 0 Å². The number of hydrogen-bond acceptors (Lipinski definition) is 5. The number of pyridine rings is 1. The number of amides is 2. The summed E-state index contributed by atoms with van der Waals surface area (Å²) in [5.41, 5.74) is 3.15. The van der Waals surface area contributed by atoms with Crippen molar-refractivity contribution >= 4 is 17.5 Å². The van der Waals surface area contributed by atoms with Crippen LogP contribution < -0.4 is 10.2 Å². The van der Waals surface area contributed by atoms with Gasteiger partial charge in [0.05, 0.1) is 30.5 Å². The van der Waals surface area contributed by atoms with Gasteiger partial charge in [-0.1, -0.05) is 24.3 Å². The Morgan fingerprint density at radius 1 is 1.06 bits per heavy atom. The number of anilines is 1. The summed E-state index contributed by atoms with van der Waals surface area (Å²) in [5, 5.41) is 3.05. The molecule has 5 rings (SSSR count). The number of para-hydroxylation sites is 1. The number of piperazine rings is 1. The van der Waals surface area contributed by atoms with Gasteiger partial charge >= 0.3 is 0 Å². The predicted molar refractivity (Wildman–Crippen MR) is 115 cm³/mol. The molecule has 0 aliphatic carbocycles.